The van der Waals surface area contributed by atoms with E-state index in [1.54, 1.807) is 34.6 Å². The molecule has 0 aliphatic carbocycles. The highest BCUT2D eigenvalue weighted by atomic mass is 16.3. The Bertz CT molecular complexity index is 297. The number of aryl methyl sites for hydroxylation is 1. The summed E-state index contributed by atoms with van der Waals surface area (Å²) in [5, 5.41) is 19.7. The third kappa shape index (κ3) is 2.13. The minimum absolute atomic E-state index is 0.502. The lowest BCUT2D eigenvalue weighted by atomic mass is 9.95. The van der Waals surface area contributed by atoms with E-state index in [2.05, 4.69) is 9.97 Å². The van der Waals surface area contributed by atoms with Crippen LogP contribution in [0.25, 0.3) is 0 Å². The largest absolute Gasteiger partial charge is 0.384 e. The van der Waals surface area contributed by atoms with Crippen LogP contribution in [-0.4, -0.2) is 20.2 Å². The lowest BCUT2D eigenvalue weighted by Gasteiger charge is -2.22. The molecular formula is C10H18N2O2. The molecule has 1 aromatic heterocycles. The predicted molar refractivity (Wildman–Crippen MR) is 53.8 cm³/mol. The molecule has 0 aromatic carbocycles. The normalized spacial score (nSPS) is 13.4. The van der Waals surface area contributed by atoms with Gasteiger partial charge in [-0.2, -0.15) is 0 Å². The third-order valence-electron chi connectivity index (χ3n) is 2.01. The molecule has 0 atom stereocenters. The van der Waals surface area contributed by atoms with Gasteiger partial charge < -0.3 is 15.2 Å². The minimum atomic E-state index is -1.04. The maximum absolute atomic E-state index is 9.86. The number of nitrogens with one attached hydrogen (secondary N) is 1. The second kappa shape index (κ2) is 3.07. The van der Waals surface area contributed by atoms with Gasteiger partial charge in [0.05, 0.1) is 11.4 Å². The fourth-order valence-electron chi connectivity index (χ4n) is 1.38. The summed E-state index contributed by atoms with van der Waals surface area (Å²) in [6, 6.07) is 0. The van der Waals surface area contributed by atoms with E-state index in [1.165, 1.54) is 0 Å². The SMILES string of the molecule is Cc1nc(C(C)(C)O)c(C(C)(C)O)[nH]1. The Balaban J connectivity index is 3.31. The Kier molecular flexibility index (Phi) is 2.46. The van der Waals surface area contributed by atoms with Crippen LogP contribution < -0.4 is 0 Å². The van der Waals surface area contributed by atoms with Crippen LogP contribution in [0.3, 0.4) is 0 Å². The van der Waals surface area contributed by atoms with Crippen LogP contribution in [0.5, 0.6) is 0 Å². The molecule has 0 amide bonds. The van der Waals surface area contributed by atoms with E-state index in [9.17, 15) is 10.2 Å². The Morgan fingerprint density at radius 3 is 1.86 bits per heavy atom. The van der Waals surface area contributed by atoms with Gasteiger partial charge in [0.2, 0.25) is 0 Å². The summed E-state index contributed by atoms with van der Waals surface area (Å²) in [5.41, 5.74) is -0.985. The van der Waals surface area contributed by atoms with E-state index in [0.717, 1.165) is 0 Å². The number of aromatic nitrogens is 2. The molecule has 0 spiro atoms. The number of hydrogen-bond acceptors (Lipinski definition) is 3. The van der Waals surface area contributed by atoms with Gasteiger partial charge >= 0.3 is 0 Å². The Morgan fingerprint density at radius 2 is 1.57 bits per heavy atom. The van der Waals surface area contributed by atoms with Crippen LogP contribution in [0.4, 0.5) is 0 Å². The molecule has 0 bridgehead atoms. The summed E-state index contributed by atoms with van der Waals surface area (Å²) in [4.78, 5) is 7.15. The zero-order valence-corrected chi connectivity index (χ0v) is 9.34. The van der Waals surface area contributed by atoms with Gasteiger partial charge in [0, 0.05) is 0 Å². The summed E-state index contributed by atoms with van der Waals surface area (Å²) in [6.07, 6.45) is 0. The predicted octanol–water partition coefficient (Wildman–Crippen LogP) is 1.17. The molecule has 1 rings (SSSR count). The van der Waals surface area contributed by atoms with Crippen LogP contribution in [0.1, 0.15) is 44.9 Å². The van der Waals surface area contributed by atoms with Crippen molar-refractivity contribution in [3.05, 3.63) is 17.2 Å². The molecule has 1 aromatic rings. The van der Waals surface area contributed by atoms with E-state index in [4.69, 9.17) is 0 Å². The summed E-state index contributed by atoms with van der Waals surface area (Å²) < 4.78 is 0. The highest BCUT2D eigenvalue weighted by Crippen LogP contribution is 2.28. The topological polar surface area (TPSA) is 69.1 Å². The van der Waals surface area contributed by atoms with E-state index in [0.29, 0.717) is 17.2 Å². The summed E-state index contributed by atoms with van der Waals surface area (Å²) >= 11 is 0. The quantitative estimate of drug-likeness (QED) is 0.668. The van der Waals surface area contributed by atoms with Crippen molar-refractivity contribution in [2.45, 2.75) is 45.8 Å². The molecule has 0 saturated carbocycles. The number of nitrogens with zero attached hydrogens (tertiary/aromatic N) is 1. The highest BCUT2D eigenvalue weighted by molar-refractivity contribution is 5.24. The van der Waals surface area contributed by atoms with Gasteiger partial charge in [-0.25, -0.2) is 4.98 Å². The molecule has 3 N–H and O–H groups in total. The molecule has 0 fully saturated rings. The standard InChI is InChI=1S/C10H18N2O2/c1-6-11-7(9(2,3)13)8(12-6)10(4,5)14/h13-14H,1-5H3,(H,11,12). The first-order valence-electron chi connectivity index (χ1n) is 4.64. The van der Waals surface area contributed by atoms with Gasteiger partial charge in [0.15, 0.2) is 0 Å². The van der Waals surface area contributed by atoms with Crippen LogP contribution in [-0.2, 0) is 11.2 Å². The van der Waals surface area contributed by atoms with Crippen molar-refractivity contribution in [1.29, 1.82) is 0 Å². The summed E-state index contributed by atoms with van der Waals surface area (Å²) in [5.74, 6) is 0.694. The summed E-state index contributed by atoms with van der Waals surface area (Å²) in [7, 11) is 0. The highest BCUT2D eigenvalue weighted by Gasteiger charge is 2.31. The van der Waals surface area contributed by atoms with Gasteiger partial charge in [-0.3, -0.25) is 0 Å². The smallest absolute Gasteiger partial charge is 0.103 e. The second-order valence-corrected chi connectivity index (χ2v) is 4.66. The lowest BCUT2D eigenvalue weighted by Crippen LogP contribution is -2.25. The van der Waals surface area contributed by atoms with Crippen LogP contribution in [0.15, 0.2) is 0 Å². The molecule has 14 heavy (non-hydrogen) atoms. The summed E-state index contributed by atoms with van der Waals surface area (Å²) in [6.45, 7) is 8.42. The first-order valence-corrected chi connectivity index (χ1v) is 4.64. The molecule has 1 heterocycles. The van der Waals surface area contributed by atoms with Crippen molar-refractivity contribution in [2.24, 2.45) is 0 Å². The first-order chi connectivity index (χ1) is 6.12. The Labute approximate surface area is 84.0 Å². The average Bonchev–Trinajstić information content (AvgIpc) is 2.27. The van der Waals surface area contributed by atoms with Crippen molar-refractivity contribution in [3.8, 4) is 0 Å². The van der Waals surface area contributed by atoms with E-state index >= 15 is 0 Å². The first kappa shape index (κ1) is 11.2. The molecule has 0 unspecified atom stereocenters. The van der Waals surface area contributed by atoms with E-state index in [-0.39, 0.29) is 0 Å². The van der Waals surface area contributed by atoms with Crippen LogP contribution in [0, 0.1) is 6.92 Å². The number of imidazole rings is 1. The number of aliphatic hydroxyl groups is 2. The van der Waals surface area contributed by atoms with Crippen molar-refractivity contribution >= 4 is 0 Å². The van der Waals surface area contributed by atoms with Crippen LogP contribution in [0.2, 0.25) is 0 Å². The number of hydrogen-bond donors (Lipinski definition) is 3. The Morgan fingerprint density at radius 1 is 1.07 bits per heavy atom. The second-order valence-electron chi connectivity index (χ2n) is 4.66. The fraction of sp³-hybridized carbons (Fsp3) is 0.700. The molecule has 0 radical (unpaired) electrons. The van der Waals surface area contributed by atoms with Gasteiger partial charge in [-0.05, 0) is 34.6 Å². The Hall–Kier alpha value is -0.870. The molecule has 80 valence electrons. The van der Waals surface area contributed by atoms with Gasteiger partial charge in [0.1, 0.15) is 17.0 Å². The van der Waals surface area contributed by atoms with Crippen molar-refractivity contribution in [2.75, 3.05) is 0 Å². The third-order valence-corrected chi connectivity index (χ3v) is 2.01. The number of aromatic amines is 1. The molecule has 4 heteroatoms. The maximum atomic E-state index is 9.86. The average molecular weight is 198 g/mol. The molecular weight excluding hydrogens is 180 g/mol. The number of rotatable bonds is 2. The van der Waals surface area contributed by atoms with E-state index < -0.39 is 11.2 Å². The molecule has 0 aliphatic rings. The molecule has 4 nitrogen and oxygen atoms in total. The zero-order chi connectivity index (χ0) is 11.1. The minimum Gasteiger partial charge on any atom is -0.384 e. The van der Waals surface area contributed by atoms with Gasteiger partial charge in [-0.1, -0.05) is 0 Å². The van der Waals surface area contributed by atoms with Crippen molar-refractivity contribution < 1.29 is 10.2 Å². The van der Waals surface area contributed by atoms with Gasteiger partial charge in [-0.15, -0.1) is 0 Å². The fourth-order valence-corrected chi connectivity index (χ4v) is 1.38. The van der Waals surface area contributed by atoms with Crippen LogP contribution >= 0.6 is 0 Å². The lowest BCUT2D eigenvalue weighted by molar-refractivity contribution is 0.0475. The monoisotopic (exact) mass is 198 g/mol. The maximum Gasteiger partial charge on any atom is 0.103 e. The number of H-pyrrole nitrogens is 1. The van der Waals surface area contributed by atoms with Crippen molar-refractivity contribution in [1.82, 2.24) is 9.97 Å². The van der Waals surface area contributed by atoms with E-state index in [1.807, 2.05) is 0 Å². The van der Waals surface area contributed by atoms with Crippen molar-refractivity contribution in [3.63, 3.8) is 0 Å². The molecule has 0 aliphatic heterocycles. The van der Waals surface area contributed by atoms with Gasteiger partial charge in [0.25, 0.3) is 0 Å². The zero-order valence-electron chi connectivity index (χ0n) is 9.34. The molecule has 0 saturated heterocycles.